The van der Waals surface area contributed by atoms with Crippen molar-refractivity contribution in [3.05, 3.63) is 0 Å². The summed E-state index contributed by atoms with van der Waals surface area (Å²) >= 11 is 0. The lowest BCUT2D eigenvalue weighted by atomic mass is 9.76. The number of aliphatic hydroxyl groups is 1. The van der Waals surface area contributed by atoms with Gasteiger partial charge >= 0.3 is 0 Å². The van der Waals surface area contributed by atoms with Crippen molar-refractivity contribution in [3.8, 4) is 0 Å². The summed E-state index contributed by atoms with van der Waals surface area (Å²) in [6.45, 7) is 37.5. The Bertz CT molecular complexity index is 899. The number of nitrogens with zero attached hydrogens (tertiary/aromatic N) is 1. The molecule has 51 heavy (non-hydrogen) atoms. The topological polar surface area (TPSA) is 144 Å². The summed E-state index contributed by atoms with van der Waals surface area (Å²) in [5, 5.41) is 12.8. The van der Waals surface area contributed by atoms with E-state index in [2.05, 4.69) is 31.4 Å². The van der Waals surface area contributed by atoms with Gasteiger partial charge in [0.05, 0.1) is 30.5 Å². The largest absolute Gasteiger partial charge is 0.400 e. The first-order valence-corrected chi connectivity index (χ1v) is 19.1. The van der Waals surface area contributed by atoms with Crippen molar-refractivity contribution >= 4 is 23.5 Å². The Morgan fingerprint density at radius 2 is 1.33 bits per heavy atom. The van der Waals surface area contributed by atoms with Gasteiger partial charge in [-0.15, -0.1) is 0 Å². The lowest BCUT2D eigenvalue weighted by Gasteiger charge is -2.34. The zero-order valence-corrected chi connectivity index (χ0v) is 37.0. The van der Waals surface area contributed by atoms with Crippen molar-refractivity contribution in [1.82, 2.24) is 15.5 Å². The zero-order valence-electron chi connectivity index (χ0n) is 37.0. The van der Waals surface area contributed by atoms with Crippen molar-refractivity contribution in [2.75, 3.05) is 53.7 Å². The molecule has 0 spiro atoms. The molecule has 0 aliphatic carbocycles. The highest BCUT2D eigenvalue weighted by Crippen LogP contribution is 2.30. The lowest BCUT2D eigenvalue weighted by molar-refractivity contribution is -0.146. The van der Waals surface area contributed by atoms with E-state index in [0.717, 1.165) is 26.5 Å². The molecule has 0 aromatic heterocycles. The first-order valence-electron chi connectivity index (χ1n) is 19.1. The number of amides is 3. The maximum Gasteiger partial charge on any atom is 0.246 e. The van der Waals surface area contributed by atoms with Crippen LogP contribution in [0.4, 0.5) is 0 Å². The number of ether oxygens (including phenoxy) is 3. The molecule has 0 radical (unpaired) electrons. The Labute approximate surface area is 315 Å². The number of nitrogens with one attached hydrogen (secondary N) is 2. The second-order valence-electron chi connectivity index (χ2n) is 14.8. The molecule has 1 rings (SSSR count). The van der Waals surface area contributed by atoms with Crippen molar-refractivity contribution in [2.45, 2.75) is 168 Å². The molecule has 1 saturated heterocycles. The highest BCUT2D eigenvalue weighted by molar-refractivity contribution is 5.83. The molecule has 1 fully saturated rings. The standard InChI is InChI=1S/C24H46N2O5.C9H17NO2.3C2H6.CH4O/c1-17(12-18(2)27)24(10,11)20(29)26-15-22(6,7)31-16-23(8,9)30-13-19(28)25-14-21(3,4)5;1-3-9(11)10-6-4-5-8(10)7-12-2;4*1-2/h17H,12-16H2,1-11H3,(H,25,28)(H,26,29);8H,3-7H2,1-2H3;3*1-2H3;2H,1H3. The number of rotatable bonds is 16. The summed E-state index contributed by atoms with van der Waals surface area (Å²) in [6.07, 6.45) is 3.20. The fourth-order valence-corrected chi connectivity index (χ4v) is 4.30. The van der Waals surface area contributed by atoms with E-state index in [1.54, 1.807) is 14.0 Å². The third kappa shape index (κ3) is 30.1. The second kappa shape index (κ2) is 31.4. The molecule has 3 amide bonds. The summed E-state index contributed by atoms with van der Waals surface area (Å²) < 4.78 is 16.8. The average Bonchev–Trinajstić information content (AvgIpc) is 3.56. The number of carbonyl (C=O) groups excluding carboxylic acids is 4. The van der Waals surface area contributed by atoms with Gasteiger partial charge in [-0.05, 0) is 58.8 Å². The first kappa shape index (κ1) is 58.2. The van der Waals surface area contributed by atoms with E-state index >= 15 is 0 Å². The number of hydrogen-bond acceptors (Lipinski definition) is 8. The predicted octanol–water partition coefficient (Wildman–Crippen LogP) is 7.22. The second-order valence-corrected chi connectivity index (χ2v) is 14.8. The molecular formula is C40H85N3O8. The summed E-state index contributed by atoms with van der Waals surface area (Å²) in [4.78, 5) is 49.4. The van der Waals surface area contributed by atoms with Gasteiger partial charge in [-0.3, -0.25) is 14.4 Å². The van der Waals surface area contributed by atoms with E-state index < -0.39 is 16.6 Å². The molecule has 0 aromatic rings. The molecule has 0 aromatic carbocycles. The van der Waals surface area contributed by atoms with Gasteiger partial charge in [0.2, 0.25) is 17.7 Å². The molecule has 1 aliphatic heterocycles. The fourth-order valence-electron chi connectivity index (χ4n) is 4.30. The quantitative estimate of drug-likeness (QED) is 0.151. The summed E-state index contributed by atoms with van der Waals surface area (Å²) in [7, 11) is 2.69. The van der Waals surface area contributed by atoms with E-state index in [9.17, 15) is 19.2 Å². The van der Waals surface area contributed by atoms with Crippen LogP contribution in [0.2, 0.25) is 0 Å². The number of hydrogen-bond donors (Lipinski definition) is 3. The molecule has 308 valence electrons. The molecule has 0 saturated carbocycles. The molecule has 2 unspecified atom stereocenters. The van der Waals surface area contributed by atoms with Crippen LogP contribution >= 0.6 is 0 Å². The molecule has 0 bridgehead atoms. The van der Waals surface area contributed by atoms with Crippen molar-refractivity contribution in [1.29, 1.82) is 0 Å². The highest BCUT2D eigenvalue weighted by Gasteiger charge is 2.36. The van der Waals surface area contributed by atoms with Crippen molar-refractivity contribution in [2.24, 2.45) is 16.7 Å². The zero-order chi connectivity index (χ0) is 41.6. The van der Waals surface area contributed by atoms with Gasteiger partial charge in [0.1, 0.15) is 12.4 Å². The van der Waals surface area contributed by atoms with Gasteiger partial charge < -0.3 is 39.6 Å². The Morgan fingerprint density at radius 3 is 1.76 bits per heavy atom. The van der Waals surface area contributed by atoms with Crippen LogP contribution in [0.3, 0.4) is 0 Å². The number of Topliss-reactive ketones (excluding diaryl/α,β-unsaturated/α-hetero) is 1. The van der Waals surface area contributed by atoms with E-state index in [1.807, 2.05) is 102 Å². The Kier molecular flexibility index (Phi) is 35.9. The van der Waals surface area contributed by atoms with Gasteiger partial charge in [-0.2, -0.15) is 0 Å². The molecule has 11 nitrogen and oxygen atoms in total. The van der Waals surface area contributed by atoms with Crippen LogP contribution in [0.15, 0.2) is 0 Å². The van der Waals surface area contributed by atoms with Crippen LogP contribution in [-0.2, 0) is 33.4 Å². The third-order valence-electron chi connectivity index (χ3n) is 7.66. The summed E-state index contributed by atoms with van der Waals surface area (Å²) in [5.74, 6) is 0.00657. The van der Waals surface area contributed by atoms with E-state index in [0.29, 0.717) is 38.6 Å². The molecule has 11 heteroatoms. The Hall–Kier alpha value is -2.08. The monoisotopic (exact) mass is 736 g/mol. The van der Waals surface area contributed by atoms with Crippen LogP contribution in [-0.4, -0.2) is 104 Å². The highest BCUT2D eigenvalue weighted by atomic mass is 16.6. The minimum Gasteiger partial charge on any atom is -0.400 e. The maximum atomic E-state index is 12.7. The maximum absolute atomic E-state index is 12.7. The number of likely N-dealkylation sites (tertiary alicyclic amines) is 1. The van der Waals surface area contributed by atoms with Gasteiger partial charge in [-0.25, -0.2) is 0 Å². The number of ketones is 1. The number of aliphatic hydroxyl groups excluding tert-OH is 1. The van der Waals surface area contributed by atoms with E-state index in [-0.39, 0.29) is 48.1 Å². The Balaban J connectivity index is -0.000000290. The van der Waals surface area contributed by atoms with Crippen molar-refractivity contribution < 1.29 is 38.5 Å². The van der Waals surface area contributed by atoms with Crippen LogP contribution in [0.5, 0.6) is 0 Å². The average molecular weight is 736 g/mol. The van der Waals surface area contributed by atoms with E-state index in [4.69, 9.17) is 19.3 Å². The number of methoxy groups -OCH3 is 1. The van der Waals surface area contributed by atoms with Crippen LogP contribution < -0.4 is 10.6 Å². The number of carbonyl (C=O) groups is 4. The summed E-state index contributed by atoms with van der Waals surface area (Å²) in [6, 6.07) is 0.336. The summed E-state index contributed by atoms with van der Waals surface area (Å²) in [5.41, 5.74) is -1.92. The minimum absolute atomic E-state index is 0.0151. The van der Waals surface area contributed by atoms with Gasteiger partial charge in [-0.1, -0.05) is 90.0 Å². The van der Waals surface area contributed by atoms with Crippen molar-refractivity contribution in [3.63, 3.8) is 0 Å². The molecule has 1 heterocycles. The molecule has 2 atom stereocenters. The first-order chi connectivity index (χ1) is 23.6. The third-order valence-corrected chi connectivity index (χ3v) is 7.66. The normalized spacial score (nSPS) is 14.5. The lowest BCUT2D eigenvalue weighted by Crippen LogP contribution is -2.49. The van der Waals surface area contributed by atoms with Crippen LogP contribution in [0.1, 0.15) is 150 Å². The van der Waals surface area contributed by atoms with E-state index in [1.165, 1.54) is 0 Å². The predicted molar refractivity (Wildman–Crippen MR) is 213 cm³/mol. The van der Waals surface area contributed by atoms with Crippen LogP contribution in [0.25, 0.3) is 0 Å². The fraction of sp³-hybridized carbons (Fsp3) is 0.900. The van der Waals surface area contributed by atoms with Crippen LogP contribution in [0, 0.1) is 16.7 Å². The molecule has 3 N–H and O–H groups in total. The minimum atomic E-state index is -0.662. The molecule has 1 aliphatic rings. The van der Waals surface area contributed by atoms with Gasteiger partial charge in [0.15, 0.2) is 0 Å². The van der Waals surface area contributed by atoms with Gasteiger partial charge in [0, 0.05) is 52.1 Å². The molecular weight excluding hydrogens is 650 g/mol. The van der Waals surface area contributed by atoms with Gasteiger partial charge in [0.25, 0.3) is 0 Å². The smallest absolute Gasteiger partial charge is 0.246 e. The SMILES string of the molecule is CC.CC.CC.CC(=O)CC(C)C(C)(C)C(=O)NCC(C)(C)OCC(C)(C)OCC(=O)NCC(C)(C)C.CCC(=O)N1CCCC1COC.CO. The Morgan fingerprint density at radius 1 is 0.824 bits per heavy atom.